The second-order valence-corrected chi connectivity index (χ2v) is 6.68. The molecule has 0 saturated carbocycles. The first-order valence-corrected chi connectivity index (χ1v) is 9.71. The summed E-state index contributed by atoms with van der Waals surface area (Å²) in [6.07, 6.45) is 15.4. The average molecular weight is 339 g/mol. The van der Waals surface area contributed by atoms with Crippen molar-refractivity contribution >= 4 is 17.8 Å². The van der Waals surface area contributed by atoms with Gasteiger partial charge in [0.05, 0.1) is 0 Å². The van der Waals surface area contributed by atoms with E-state index in [2.05, 4.69) is 6.92 Å². The lowest BCUT2D eigenvalue weighted by Gasteiger charge is -2.12. The smallest absolute Gasteiger partial charge is 0.330 e. The Kier molecular flexibility index (Phi) is 11.2. The van der Waals surface area contributed by atoms with Crippen LogP contribution in [0.15, 0.2) is 0 Å². The van der Waals surface area contributed by atoms with Crippen LogP contribution < -0.4 is 0 Å². The highest BCUT2D eigenvalue weighted by Crippen LogP contribution is 2.15. The highest BCUT2D eigenvalue weighted by molar-refractivity contribution is 6.01. The molecule has 0 aromatic heterocycles. The van der Waals surface area contributed by atoms with Gasteiger partial charge < -0.3 is 4.84 Å². The Hall–Kier alpha value is -1.39. The molecule has 0 bridgehead atoms. The number of hydrogen-bond donors (Lipinski definition) is 0. The number of carbonyl (C=O) groups is 3. The molecule has 0 aliphatic carbocycles. The Morgan fingerprint density at radius 2 is 1.21 bits per heavy atom. The van der Waals surface area contributed by atoms with Crippen molar-refractivity contribution in [2.75, 3.05) is 0 Å². The third-order valence-corrected chi connectivity index (χ3v) is 4.43. The van der Waals surface area contributed by atoms with Crippen molar-refractivity contribution in [1.82, 2.24) is 5.06 Å². The van der Waals surface area contributed by atoms with Gasteiger partial charge in [-0.3, -0.25) is 9.59 Å². The van der Waals surface area contributed by atoms with Crippen molar-refractivity contribution < 1.29 is 19.2 Å². The molecule has 1 aliphatic heterocycles. The van der Waals surface area contributed by atoms with Gasteiger partial charge in [0.1, 0.15) is 0 Å². The van der Waals surface area contributed by atoms with Crippen molar-refractivity contribution in [3.8, 4) is 0 Å². The number of imide groups is 1. The molecule has 1 aliphatic rings. The lowest BCUT2D eigenvalue weighted by molar-refractivity contribution is -0.197. The number of nitrogens with zero attached hydrogens (tertiary/aromatic N) is 1. The third-order valence-electron chi connectivity index (χ3n) is 4.43. The van der Waals surface area contributed by atoms with Crippen LogP contribution in [0.3, 0.4) is 0 Å². The molecule has 0 atom stereocenters. The van der Waals surface area contributed by atoms with Crippen LogP contribution in [0.2, 0.25) is 0 Å². The standard InChI is InChI=1S/C19H33NO4/c1-2-3-4-5-6-7-8-9-10-11-12-13-14-19(23)24-20-17(21)15-16-18(20)22/h2-16H2,1H3. The largest absolute Gasteiger partial charge is 0.333 e. The Balaban J connectivity index is 1.87. The number of carbonyl (C=O) groups excluding carboxylic acids is 3. The van der Waals surface area contributed by atoms with E-state index in [0.29, 0.717) is 5.06 Å². The summed E-state index contributed by atoms with van der Waals surface area (Å²) in [5.41, 5.74) is 0. The van der Waals surface area contributed by atoms with Gasteiger partial charge in [0.2, 0.25) is 0 Å². The predicted octanol–water partition coefficient (Wildman–Crippen LogP) is 4.68. The minimum absolute atomic E-state index is 0.144. The molecule has 138 valence electrons. The van der Waals surface area contributed by atoms with E-state index in [1.807, 2.05) is 0 Å². The summed E-state index contributed by atoms with van der Waals surface area (Å²) in [5, 5.41) is 0.628. The summed E-state index contributed by atoms with van der Waals surface area (Å²) in [7, 11) is 0. The van der Waals surface area contributed by atoms with Crippen LogP contribution >= 0.6 is 0 Å². The Labute approximate surface area is 146 Å². The van der Waals surface area contributed by atoms with Crippen LogP contribution in [0.25, 0.3) is 0 Å². The van der Waals surface area contributed by atoms with Crippen molar-refractivity contribution in [3.05, 3.63) is 0 Å². The molecule has 1 saturated heterocycles. The first-order chi connectivity index (χ1) is 11.6. The zero-order valence-corrected chi connectivity index (χ0v) is 15.2. The van der Waals surface area contributed by atoms with Crippen LogP contribution in [-0.2, 0) is 19.2 Å². The van der Waals surface area contributed by atoms with Gasteiger partial charge in [0.25, 0.3) is 11.8 Å². The maximum Gasteiger partial charge on any atom is 0.333 e. The molecule has 1 rings (SSSR count). The number of amides is 2. The van der Waals surface area contributed by atoms with E-state index >= 15 is 0 Å². The molecule has 0 N–H and O–H groups in total. The molecular formula is C19H33NO4. The number of hydrogen-bond acceptors (Lipinski definition) is 4. The predicted molar refractivity (Wildman–Crippen MR) is 92.9 cm³/mol. The van der Waals surface area contributed by atoms with Gasteiger partial charge in [0.15, 0.2) is 0 Å². The number of rotatable bonds is 14. The Morgan fingerprint density at radius 1 is 0.792 bits per heavy atom. The maximum atomic E-state index is 11.6. The lowest BCUT2D eigenvalue weighted by Crippen LogP contribution is -2.31. The van der Waals surface area contributed by atoms with Gasteiger partial charge in [-0.15, -0.1) is 5.06 Å². The van der Waals surface area contributed by atoms with E-state index in [4.69, 9.17) is 4.84 Å². The van der Waals surface area contributed by atoms with E-state index in [-0.39, 0.29) is 19.3 Å². The summed E-state index contributed by atoms with van der Waals surface area (Å²) in [6, 6.07) is 0. The van der Waals surface area contributed by atoms with Crippen LogP contribution in [0.1, 0.15) is 103 Å². The molecule has 0 spiro atoms. The first-order valence-electron chi connectivity index (χ1n) is 9.71. The topological polar surface area (TPSA) is 63.7 Å². The third kappa shape index (κ3) is 9.04. The molecule has 24 heavy (non-hydrogen) atoms. The Morgan fingerprint density at radius 3 is 1.67 bits per heavy atom. The molecule has 0 radical (unpaired) electrons. The number of unbranched alkanes of at least 4 members (excludes halogenated alkanes) is 11. The first kappa shape index (κ1) is 20.7. The zero-order valence-electron chi connectivity index (χ0n) is 15.2. The van der Waals surface area contributed by atoms with E-state index in [9.17, 15) is 14.4 Å². The molecule has 5 nitrogen and oxygen atoms in total. The summed E-state index contributed by atoms with van der Waals surface area (Å²) in [6.45, 7) is 2.24. The Bertz CT molecular complexity index is 379. The van der Waals surface area contributed by atoms with Crippen molar-refractivity contribution in [2.24, 2.45) is 0 Å². The van der Waals surface area contributed by atoms with E-state index in [1.165, 1.54) is 57.8 Å². The molecule has 0 aromatic carbocycles. The van der Waals surface area contributed by atoms with Gasteiger partial charge in [-0.1, -0.05) is 77.6 Å². The highest BCUT2D eigenvalue weighted by atomic mass is 16.7. The molecule has 1 fully saturated rings. The normalized spacial score (nSPS) is 14.5. The SMILES string of the molecule is CCCCCCCCCCCCCCC(=O)ON1C(=O)CCC1=O. The monoisotopic (exact) mass is 339 g/mol. The summed E-state index contributed by atoms with van der Waals surface area (Å²) >= 11 is 0. The van der Waals surface area contributed by atoms with Crippen molar-refractivity contribution in [1.29, 1.82) is 0 Å². The van der Waals surface area contributed by atoms with Gasteiger partial charge in [-0.25, -0.2) is 4.79 Å². The summed E-state index contributed by atoms with van der Waals surface area (Å²) in [4.78, 5) is 39.1. The molecule has 5 heteroatoms. The maximum absolute atomic E-state index is 11.6. The van der Waals surface area contributed by atoms with E-state index in [1.54, 1.807) is 0 Å². The second kappa shape index (κ2) is 13.0. The van der Waals surface area contributed by atoms with E-state index in [0.717, 1.165) is 19.3 Å². The minimum Gasteiger partial charge on any atom is -0.330 e. The minimum atomic E-state index is -0.481. The van der Waals surface area contributed by atoms with Gasteiger partial charge in [-0.05, 0) is 6.42 Å². The second-order valence-electron chi connectivity index (χ2n) is 6.68. The summed E-state index contributed by atoms with van der Waals surface area (Å²) in [5.74, 6) is -1.31. The fourth-order valence-corrected chi connectivity index (χ4v) is 2.92. The average Bonchev–Trinajstić information content (AvgIpc) is 2.88. The number of hydroxylamine groups is 2. The fraction of sp³-hybridized carbons (Fsp3) is 0.842. The van der Waals surface area contributed by atoms with Crippen molar-refractivity contribution in [2.45, 2.75) is 103 Å². The van der Waals surface area contributed by atoms with Crippen molar-refractivity contribution in [3.63, 3.8) is 0 Å². The van der Waals surface area contributed by atoms with E-state index < -0.39 is 17.8 Å². The van der Waals surface area contributed by atoms with Crippen LogP contribution in [0.4, 0.5) is 0 Å². The molecule has 1 heterocycles. The zero-order chi connectivity index (χ0) is 17.6. The van der Waals surface area contributed by atoms with Gasteiger partial charge >= 0.3 is 5.97 Å². The van der Waals surface area contributed by atoms with Gasteiger partial charge in [0, 0.05) is 19.3 Å². The molecular weight excluding hydrogens is 306 g/mol. The van der Waals surface area contributed by atoms with Crippen LogP contribution in [0.5, 0.6) is 0 Å². The lowest BCUT2D eigenvalue weighted by atomic mass is 10.0. The summed E-state index contributed by atoms with van der Waals surface area (Å²) < 4.78 is 0. The quantitative estimate of drug-likeness (QED) is 0.340. The van der Waals surface area contributed by atoms with Crippen LogP contribution in [-0.4, -0.2) is 22.8 Å². The molecule has 2 amide bonds. The fourth-order valence-electron chi connectivity index (χ4n) is 2.92. The molecule has 0 aromatic rings. The van der Waals surface area contributed by atoms with Gasteiger partial charge in [-0.2, -0.15) is 0 Å². The van der Waals surface area contributed by atoms with Crippen LogP contribution in [0, 0.1) is 0 Å². The highest BCUT2D eigenvalue weighted by Gasteiger charge is 2.32. The molecule has 0 unspecified atom stereocenters.